The number of carbonyl (C=O) groups excluding carboxylic acids is 2. The molecule has 3 N–H and O–H groups in total. The van der Waals surface area contributed by atoms with Gasteiger partial charge in [-0.15, -0.1) is 0 Å². The molecule has 1 aliphatic rings. The fraction of sp³-hybridized carbons (Fsp3) is 0.875. The summed E-state index contributed by atoms with van der Waals surface area (Å²) in [4.78, 5) is 25.5. The maximum Gasteiger partial charge on any atom is 0.410 e. The zero-order valence-corrected chi connectivity index (χ0v) is 15.1. The van der Waals surface area contributed by atoms with E-state index in [-0.39, 0.29) is 17.9 Å². The molecular weight excluding hydrogens is 298 g/mol. The van der Waals surface area contributed by atoms with E-state index in [1.807, 2.05) is 41.5 Å². The Morgan fingerprint density at radius 3 is 2.04 bits per heavy atom. The highest BCUT2D eigenvalue weighted by atomic mass is 16.6. The van der Waals surface area contributed by atoms with Crippen LogP contribution in [0.1, 0.15) is 41.5 Å². The first-order valence-electron chi connectivity index (χ1n) is 8.06. The van der Waals surface area contributed by atoms with Crippen LogP contribution in [0.15, 0.2) is 0 Å². The van der Waals surface area contributed by atoms with Gasteiger partial charge in [0.25, 0.3) is 0 Å². The minimum Gasteiger partial charge on any atom is -0.444 e. The fourth-order valence-electron chi connectivity index (χ4n) is 2.44. The van der Waals surface area contributed by atoms with Crippen molar-refractivity contribution in [2.75, 3.05) is 26.2 Å². The SMILES string of the molecule is CC(C)(C)OC(=O)NC[C@@H]1CN(C(=O)OC(C)(C)C)C[C@H]1CN. The molecule has 1 fully saturated rings. The summed E-state index contributed by atoms with van der Waals surface area (Å²) in [5.74, 6) is 0.234. The van der Waals surface area contributed by atoms with Crippen molar-refractivity contribution < 1.29 is 19.1 Å². The van der Waals surface area contributed by atoms with Gasteiger partial charge >= 0.3 is 12.2 Å². The molecule has 2 amide bonds. The summed E-state index contributed by atoms with van der Waals surface area (Å²) in [5, 5.41) is 2.76. The third-order valence-electron chi connectivity index (χ3n) is 3.44. The van der Waals surface area contributed by atoms with Crippen LogP contribution in [0.25, 0.3) is 0 Å². The number of carbonyl (C=O) groups is 2. The first kappa shape index (κ1) is 19.5. The van der Waals surface area contributed by atoms with Gasteiger partial charge < -0.3 is 25.4 Å². The van der Waals surface area contributed by atoms with Crippen LogP contribution in [0.5, 0.6) is 0 Å². The van der Waals surface area contributed by atoms with Gasteiger partial charge in [0.05, 0.1) is 0 Å². The molecule has 0 bridgehead atoms. The van der Waals surface area contributed by atoms with Crippen LogP contribution in [-0.4, -0.2) is 54.5 Å². The Balaban J connectivity index is 2.53. The second-order valence-corrected chi connectivity index (χ2v) is 8.02. The summed E-state index contributed by atoms with van der Waals surface area (Å²) in [6.45, 7) is 12.9. The molecular formula is C16H31N3O4. The highest BCUT2D eigenvalue weighted by Gasteiger charge is 2.36. The predicted octanol–water partition coefficient (Wildman–Crippen LogP) is 1.95. The first-order chi connectivity index (χ1) is 10.4. The van der Waals surface area contributed by atoms with Crippen molar-refractivity contribution in [1.82, 2.24) is 10.2 Å². The maximum atomic E-state index is 12.1. The van der Waals surface area contributed by atoms with Gasteiger partial charge in [0.15, 0.2) is 0 Å². The predicted molar refractivity (Wildman–Crippen MR) is 88.1 cm³/mol. The van der Waals surface area contributed by atoms with Crippen LogP contribution in [0.2, 0.25) is 0 Å². The van der Waals surface area contributed by atoms with Crippen molar-refractivity contribution in [3.63, 3.8) is 0 Å². The molecule has 1 saturated heterocycles. The molecule has 1 rings (SSSR count). The molecule has 0 unspecified atom stereocenters. The van der Waals surface area contributed by atoms with E-state index in [1.54, 1.807) is 4.90 Å². The zero-order chi connectivity index (χ0) is 17.8. The molecule has 7 heteroatoms. The Hall–Kier alpha value is -1.50. The summed E-state index contributed by atoms with van der Waals surface area (Å²) in [5.41, 5.74) is 4.74. The van der Waals surface area contributed by atoms with Crippen LogP contribution in [0, 0.1) is 11.8 Å². The Kier molecular flexibility index (Phi) is 6.27. The average molecular weight is 329 g/mol. The molecule has 1 heterocycles. The second-order valence-electron chi connectivity index (χ2n) is 8.02. The summed E-state index contributed by atoms with van der Waals surface area (Å²) < 4.78 is 10.6. The third-order valence-corrected chi connectivity index (χ3v) is 3.44. The van der Waals surface area contributed by atoms with Crippen molar-refractivity contribution in [2.45, 2.75) is 52.7 Å². The highest BCUT2D eigenvalue weighted by molar-refractivity contribution is 5.69. The van der Waals surface area contributed by atoms with Gasteiger partial charge in [0.2, 0.25) is 0 Å². The number of hydrogen-bond acceptors (Lipinski definition) is 5. The average Bonchev–Trinajstić information content (AvgIpc) is 2.75. The summed E-state index contributed by atoms with van der Waals surface area (Å²) in [7, 11) is 0. The molecule has 23 heavy (non-hydrogen) atoms. The Bertz CT molecular complexity index is 426. The molecule has 0 aromatic rings. The number of amides is 2. The number of alkyl carbamates (subject to hydrolysis) is 1. The molecule has 0 spiro atoms. The van der Waals surface area contributed by atoms with E-state index in [9.17, 15) is 9.59 Å². The minimum absolute atomic E-state index is 0.0973. The lowest BCUT2D eigenvalue weighted by atomic mass is 9.96. The molecule has 1 aliphatic heterocycles. The monoisotopic (exact) mass is 329 g/mol. The van der Waals surface area contributed by atoms with Gasteiger partial charge in [-0.2, -0.15) is 0 Å². The molecule has 134 valence electrons. The smallest absolute Gasteiger partial charge is 0.410 e. The van der Waals surface area contributed by atoms with Crippen molar-refractivity contribution in [2.24, 2.45) is 17.6 Å². The van der Waals surface area contributed by atoms with Crippen LogP contribution in [-0.2, 0) is 9.47 Å². The van der Waals surface area contributed by atoms with E-state index in [0.717, 1.165) is 0 Å². The van der Waals surface area contributed by atoms with Crippen molar-refractivity contribution in [3.8, 4) is 0 Å². The van der Waals surface area contributed by atoms with Crippen LogP contribution in [0.4, 0.5) is 9.59 Å². The topological polar surface area (TPSA) is 93.9 Å². The number of nitrogens with two attached hydrogens (primary N) is 1. The lowest BCUT2D eigenvalue weighted by molar-refractivity contribution is 0.0284. The van der Waals surface area contributed by atoms with Gasteiger partial charge in [-0.05, 0) is 59.9 Å². The first-order valence-corrected chi connectivity index (χ1v) is 8.06. The lowest BCUT2D eigenvalue weighted by Gasteiger charge is -2.24. The molecule has 7 nitrogen and oxygen atoms in total. The summed E-state index contributed by atoms with van der Waals surface area (Å²) >= 11 is 0. The summed E-state index contributed by atoms with van der Waals surface area (Å²) in [6, 6.07) is 0. The van der Waals surface area contributed by atoms with E-state index in [1.165, 1.54) is 0 Å². The quantitative estimate of drug-likeness (QED) is 0.825. The number of rotatable bonds is 3. The van der Waals surface area contributed by atoms with Crippen molar-refractivity contribution in [1.29, 1.82) is 0 Å². The normalized spacial score (nSPS) is 22.0. The minimum atomic E-state index is -0.532. The number of likely N-dealkylation sites (tertiary alicyclic amines) is 1. The van der Waals surface area contributed by atoms with E-state index in [2.05, 4.69) is 5.32 Å². The van der Waals surface area contributed by atoms with Crippen LogP contribution < -0.4 is 11.1 Å². The second kappa shape index (κ2) is 7.38. The molecule has 0 aliphatic carbocycles. The molecule has 2 atom stereocenters. The Morgan fingerprint density at radius 2 is 1.57 bits per heavy atom. The van der Waals surface area contributed by atoms with Crippen molar-refractivity contribution in [3.05, 3.63) is 0 Å². The maximum absolute atomic E-state index is 12.1. The van der Waals surface area contributed by atoms with Gasteiger partial charge in [-0.3, -0.25) is 0 Å². The lowest BCUT2D eigenvalue weighted by Crippen LogP contribution is -2.38. The Morgan fingerprint density at radius 1 is 1.04 bits per heavy atom. The highest BCUT2D eigenvalue weighted by Crippen LogP contribution is 2.24. The van der Waals surface area contributed by atoms with Crippen LogP contribution >= 0.6 is 0 Å². The molecule has 0 radical (unpaired) electrons. The molecule has 0 aromatic carbocycles. The number of nitrogens with zero attached hydrogens (tertiary/aromatic N) is 1. The number of ether oxygens (including phenoxy) is 2. The number of nitrogens with one attached hydrogen (secondary N) is 1. The number of hydrogen-bond donors (Lipinski definition) is 2. The molecule has 0 aromatic heterocycles. The van der Waals surface area contributed by atoms with Gasteiger partial charge in [0, 0.05) is 19.6 Å². The van der Waals surface area contributed by atoms with E-state index < -0.39 is 17.3 Å². The van der Waals surface area contributed by atoms with Crippen molar-refractivity contribution >= 4 is 12.2 Å². The largest absolute Gasteiger partial charge is 0.444 e. The van der Waals surface area contributed by atoms with E-state index in [0.29, 0.717) is 26.2 Å². The third kappa shape index (κ3) is 7.07. The van der Waals surface area contributed by atoms with Gasteiger partial charge in [-0.25, -0.2) is 9.59 Å². The van der Waals surface area contributed by atoms with E-state index in [4.69, 9.17) is 15.2 Å². The van der Waals surface area contributed by atoms with E-state index >= 15 is 0 Å². The van der Waals surface area contributed by atoms with Gasteiger partial charge in [-0.1, -0.05) is 0 Å². The Labute approximate surface area is 138 Å². The summed E-state index contributed by atoms with van der Waals surface area (Å²) in [6.07, 6.45) is -0.792. The standard InChI is InChI=1S/C16H31N3O4/c1-15(2,3)22-13(20)18-8-12-10-19(9-11(12)7-17)14(21)23-16(4,5)6/h11-12H,7-10,17H2,1-6H3,(H,18,20)/t11-,12-/m1/s1. The zero-order valence-electron chi connectivity index (χ0n) is 15.1. The van der Waals surface area contributed by atoms with Crippen LogP contribution in [0.3, 0.4) is 0 Å². The molecule has 0 saturated carbocycles. The fourth-order valence-corrected chi connectivity index (χ4v) is 2.44. The van der Waals surface area contributed by atoms with Gasteiger partial charge in [0.1, 0.15) is 11.2 Å².